The van der Waals surface area contributed by atoms with Crippen molar-refractivity contribution in [2.24, 2.45) is 4.99 Å². The number of aliphatic imine (C=N–C) groups is 1. The molecule has 0 atom stereocenters. The van der Waals surface area contributed by atoms with Crippen molar-refractivity contribution in [2.75, 3.05) is 19.6 Å². The topological polar surface area (TPSA) is 62.5 Å². The molecule has 0 aromatic carbocycles. The van der Waals surface area contributed by atoms with Gasteiger partial charge >= 0.3 is 0 Å². The van der Waals surface area contributed by atoms with Crippen molar-refractivity contribution in [3.05, 3.63) is 52.4 Å². The Morgan fingerprint density at radius 1 is 1.32 bits per heavy atom. The fraction of sp³-hybridized carbons (Fsp3) is 0.474. The molecular formula is C19H26N4OS. The number of fused-ring (bicyclic) bond motifs is 1. The Kier molecular flexibility index (Phi) is 6.68. The SMILES string of the molecule is C=CCNC(=NCCc1nc2c(s1)CCCC2)NCCc1ccco1. The van der Waals surface area contributed by atoms with Crippen LogP contribution in [0.15, 0.2) is 40.5 Å². The third-order valence-electron chi connectivity index (χ3n) is 4.14. The van der Waals surface area contributed by atoms with E-state index in [1.807, 2.05) is 29.5 Å². The van der Waals surface area contributed by atoms with Gasteiger partial charge in [0.15, 0.2) is 5.96 Å². The quantitative estimate of drug-likeness (QED) is 0.432. The first-order valence-corrected chi connectivity index (χ1v) is 9.79. The lowest BCUT2D eigenvalue weighted by Gasteiger charge is -2.10. The van der Waals surface area contributed by atoms with Gasteiger partial charge in [0, 0.05) is 37.4 Å². The van der Waals surface area contributed by atoms with Crippen LogP contribution in [-0.4, -0.2) is 30.6 Å². The number of hydrogen-bond acceptors (Lipinski definition) is 4. The first-order chi connectivity index (χ1) is 12.3. The van der Waals surface area contributed by atoms with Gasteiger partial charge in [-0.05, 0) is 37.8 Å². The Bertz CT molecular complexity index is 667. The maximum absolute atomic E-state index is 5.35. The number of thiazole rings is 1. The van der Waals surface area contributed by atoms with Crippen LogP contribution in [0.25, 0.3) is 0 Å². The van der Waals surface area contributed by atoms with E-state index in [2.05, 4.69) is 22.2 Å². The lowest BCUT2D eigenvalue weighted by atomic mass is 10.0. The van der Waals surface area contributed by atoms with Gasteiger partial charge in [-0.3, -0.25) is 4.99 Å². The summed E-state index contributed by atoms with van der Waals surface area (Å²) in [5.41, 5.74) is 1.33. The number of furan rings is 1. The number of aromatic nitrogens is 1. The van der Waals surface area contributed by atoms with Crippen LogP contribution in [0, 0.1) is 0 Å². The van der Waals surface area contributed by atoms with Gasteiger partial charge in [-0.25, -0.2) is 4.98 Å². The molecule has 0 saturated carbocycles. The van der Waals surface area contributed by atoms with Crippen LogP contribution in [0.4, 0.5) is 0 Å². The molecule has 2 N–H and O–H groups in total. The molecule has 0 fully saturated rings. The molecule has 6 heteroatoms. The van der Waals surface area contributed by atoms with Crippen LogP contribution in [-0.2, 0) is 25.7 Å². The average molecular weight is 359 g/mol. The number of guanidine groups is 1. The fourth-order valence-electron chi connectivity index (χ4n) is 2.88. The summed E-state index contributed by atoms with van der Waals surface area (Å²) in [6.45, 7) is 5.96. The van der Waals surface area contributed by atoms with E-state index < -0.39 is 0 Å². The summed E-state index contributed by atoms with van der Waals surface area (Å²) < 4.78 is 5.35. The summed E-state index contributed by atoms with van der Waals surface area (Å²) in [5.74, 6) is 1.79. The van der Waals surface area contributed by atoms with E-state index in [1.54, 1.807) is 6.26 Å². The van der Waals surface area contributed by atoms with Gasteiger partial charge in [0.2, 0.25) is 0 Å². The number of nitrogens with zero attached hydrogens (tertiary/aromatic N) is 2. The predicted molar refractivity (Wildman–Crippen MR) is 103 cm³/mol. The van der Waals surface area contributed by atoms with E-state index in [0.29, 0.717) is 6.54 Å². The highest BCUT2D eigenvalue weighted by atomic mass is 32.1. The minimum absolute atomic E-state index is 0.693. The van der Waals surface area contributed by atoms with Crippen molar-refractivity contribution in [3.8, 4) is 0 Å². The van der Waals surface area contributed by atoms with Crippen LogP contribution >= 0.6 is 11.3 Å². The molecule has 134 valence electrons. The molecule has 2 heterocycles. The standard InChI is InChI=1S/C19H26N4OS/c1-2-11-20-19(21-12-9-15-6-5-14-24-15)22-13-10-18-23-16-7-3-4-8-17(16)25-18/h2,5-6,14H,1,3-4,7-13H2,(H2,20,21,22). The van der Waals surface area contributed by atoms with Gasteiger partial charge in [-0.15, -0.1) is 17.9 Å². The molecule has 3 rings (SSSR count). The summed E-state index contributed by atoms with van der Waals surface area (Å²) in [6.07, 6.45) is 10.2. The minimum Gasteiger partial charge on any atom is -0.469 e. The zero-order valence-electron chi connectivity index (χ0n) is 14.6. The smallest absolute Gasteiger partial charge is 0.191 e. The van der Waals surface area contributed by atoms with Crippen LogP contribution < -0.4 is 10.6 Å². The predicted octanol–water partition coefficient (Wildman–Crippen LogP) is 3.12. The number of rotatable bonds is 8. The van der Waals surface area contributed by atoms with Crippen molar-refractivity contribution >= 4 is 17.3 Å². The molecule has 25 heavy (non-hydrogen) atoms. The molecule has 2 aromatic heterocycles. The minimum atomic E-state index is 0.693. The van der Waals surface area contributed by atoms with E-state index in [1.165, 1.54) is 34.8 Å². The third-order valence-corrected chi connectivity index (χ3v) is 5.36. The van der Waals surface area contributed by atoms with E-state index >= 15 is 0 Å². The summed E-state index contributed by atoms with van der Waals surface area (Å²) in [6, 6.07) is 3.90. The van der Waals surface area contributed by atoms with Gasteiger partial charge in [0.25, 0.3) is 0 Å². The molecule has 0 bridgehead atoms. The van der Waals surface area contributed by atoms with E-state index in [9.17, 15) is 0 Å². The summed E-state index contributed by atoms with van der Waals surface area (Å²) in [5, 5.41) is 7.82. The molecule has 1 aliphatic rings. The van der Waals surface area contributed by atoms with Crippen LogP contribution in [0.2, 0.25) is 0 Å². The lowest BCUT2D eigenvalue weighted by molar-refractivity contribution is 0.507. The molecule has 5 nitrogen and oxygen atoms in total. The largest absolute Gasteiger partial charge is 0.469 e. The van der Waals surface area contributed by atoms with Crippen LogP contribution in [0.1, 0.15) is 34.2 Å². The molecule has 2 aromatic rings. The second kappa shape index (κ2) is 9.42. The van der Waals surface area contributed by atoms with Crippen molar-refractivity contribution in [1.29, 1.82) is 0 Å². The fourth-order valence-corrected chi connectivity index (χ4v) is 4.02. The summed E-state index contributed by atoms with van der Waals surface area (Å²) in [4.78, 5) is 10.9. The maximum Gasteiger partial charge on any atom is 0.191 e. The zero-order chi connectivity index (χ0) is 17.3. The number of hydrogen-bond donors (Lipinski definition) is 2. The van der Waals surface area contributed by atoms with Crippen molar-refractivity contribution < 1.29 is 4.42 Å². The van der Waals surface area contributed by atoms with Gasteiger partial charge in [0.1, 0.15) is 5.76 Å². The monoisotopic (exact) mass is 358 g/mol. The van der Waals surface area contributed by atoms with Crippen molar-refractivity contribution in [3.63, 3.8) is 0 Å². The highest BCUT2D eigenvalue weighted by Crippen LogP contribution is 2.26. The second-order valence-corrected chi connectivity index (χ2v) is 7.26. The third kappa shape index (κ3) is 5.46. The highest BCUT2D eigenvalue weighted by Gasteiger charge is 2.14. The van der Waals surface area contributed by atoms with E-state index in [4.69, 9.17) is 9.40 Å². The lowest BCUT2D eigenvalue weighted by Crippen LogP contribution is -2.38. The zero-order valence-corrected chi connectivity index (χ0v) is 15.4. The van der Waals surface area contributed by atoms with Crippen LogP contribution in [0.5, 0.6) is 0 Å². The first-order valence-electron chi connectivity index (χ1n) is 8.98. The molecule has 0 spiro atoms. The summed E-state index contributed by atoms with van der Waals surface area (Å²) >= 11 is 1.87. The number of nitrogens with one attached hydrogen (secondary N) is 2. The van der Waals surface area contributed by atoms with Gasteiger partial charge in [-0.1, -0.05) is 6.08 Å². The normalized spacial score (nSPS) is 14.2. The Morgan fingerprint density at radius 3 is 3.04 bits per heavy atom. The Balaban J connectivity index is 1.49. The van der Waals surface area contributed by atoms with Crippen molar-refractivity contribution in [1.82, 2.24) is 15.6 Å². The highest BCUT2D eigenvalue weighted by molar-refractivity contribution is 7.11. The van der Waals surface area contributed by atoms with Gasteiger partial charge in [-0.2, -0.15) is 0 Å². The van der Waals surface area contributed by atoms with Crippen molar-refractivity contribution in [2.45, 2.75) is 38.5 Å². The maximum atomic E-state index is 5.35. The summed E-state index contributed by atoms with van der Waals surface area (Å²) in [7, 11) is 0. The Labute approximate surface area is 153 Å². The van der Waals surface area contributed by atoms with E-state index in [0.717, 1.165) is 44.1 Å². The van der Waals surface area contributed by atoms with Gasteiger partial charge < -0.3 is 15.1 Å². The molecule has 0 amide bonds. The number of aryl methyl sites for hydroxylation is 2. The first kappa shape index (κ1) is 17.7. The molecular weight excluding hydrogens is 332 g/mol. The molecule has 0 radical (unpaired) electrons. The van der Waals surface area contributed by atoms with E-state index in [-0.39, 0.29) is 0 Å². The Hall–Kier alpha value is -2.08. The second-order valence-electron chi connectivity index (χ2n) is 6.09. The molecule has 0 aliphatic heterocycles. The molecule has 0 saturated heterocycles. The molecule has 1 aliphatic carbocycles. The van der Waals surface area contributed by atoms with Gasteiger partial charge in [0.05, 0.1) is 17.0 Å². The Morgan fingerprint density at radius 2 is 2.24 bits per heavy atom. The average Bonchev–Trinajstić information content (AvgIpc) is 3.28. The molecule has 0 unspecified atom stereocenters. The van der Waals surface area contributed by atoms with Crippen LogP contribution in [0.3, 0.4) is 0 Å².